The molecule has 0 aliphatic carbocycles. The van der Waals surface area contributed by atoms with Crippen molar-refractivity contribution < 1.29 is 33.7 Å². The van der Waals surface area contributed by atoms with E-state index in [1.54, 1.807) is 13.8 Å². The van der Waals surface area contributed by atoms with Crippen LogP contribution in [0.2, 0.25) is 0 Å². The van der Waals surface area contributed by atoms with E-state index in [4.69, 9.17) is 19.0 Å². The number of aliphatic hydroxyl groups excluding tert-OH is 1. The van der Waals surface area contributed by atoms with Gasteiger partial charge in [0.05, 0.1) is 0 Å². The van der Waals surface area contributed by atoms with Crippen LogP contribution in [0.25, 0.3) is 0 Å². The fourth-order valence-corrected chi connectivity index (χ4v) is 2.27. The van der Waals surface area contributed by atoms with Gasteiger partial charge >= 0.3 is 6.16 Å². The number of rotatable bonds is 7. The molecule has 1 aromatic rings. The number of nitrogens with zero attached hydrogens (tertiary/aromatic N) is 1. The summed E-state index contributed by atoms with van der Waals surface area (Å²) in [7, 11) is 1.51. The van der Waals surface area contributed by atoms with Gasteiger partial charge in [0.15, 0.2) is 12.0 Å². The molecule has 2 unspecified atom stereocenters. The number of hydrogen-bond acceptors (Lipinski definition) is 7. The maximum atomic E-state index is 11.8. The molecule has 1 heterocycles. The lowest BCUT2D eigenvalue weighted by molar-refractivity contribution is -0.236. The van der Waals surface area contributed by atoms with E-state index in [1.165, 1.54) is 7.11 Å². The monoisotopic (exact) mass is 353 g/mol. The van der Waals surface area contributed by atoms with Gasteiger partial charge in [0.1, 0.15) is 12.7 Å². The fourth-order valence-electron chi connectivity index (χ4n) is 2.27. The molecule has 2 atom stereocenters. The molecule has 0 saturated carbocycles. The topological polar surface area (TPSA) is 94.5 Å². The SMILES string of the molecule is COC(C)(C)OC(COC(=O)ON1C(=O)CCC1O)c1ccccc1. The molecule has 0 radical (unpaired) electrons. The summed E-state index contributed by atoms with van der Waals surface area (Å²) >= 11 is 0. The summed E-state index contributed by atoms with van der Waals surface area (Å²) in [6.07, 6.45) is -2.50. The molecule has 0 bridgehead atoms. The number of carbonyl (C=O) groups is 2. The van der Waals surface area contributed by atoms with E-state index in [0.717, 1.165) is 5.56 Å². The first-order valence-corrected chi connectivity index (χ1v) is 7.95. The zero-order valence-corrected chi connectivity index (χ0v) is 14.5. The molecule has 8 nitrogen and oxygen atoms in total. The molecule has 1 amide bonds. The van der Waals surface area contributed by atoms with Gasteiger partial charge in [-0.1, -0.05) is 30.3 Å². The molecule has 0 aromatic heterocycles. The third-order valence-electron chi connectivity index (χ3n) is 3.75. The highest BCUT2D eigenvalue weighted by Crippen LogP contribution is 2.25. The van der Waals surface area contributed by atoms with Crippen LogP contribution in [-0.2, 0) is 23.8 Å². The van der Waals surface area contributed by atoms with E-state index in [0.29, 0.717) is 5.06 Å². The van der Waals surface area contributed by atoms with Crippen LogP contribution in [0, 0.1) is 0 Å². The standard InChI is InChI=1S/C17H23NO7/c1-17(2,22-3)24-13(12-7-5-4-6-8-12)11-23-16(21)25-18-14(19)9-10-15(18)20/h4-8,13-14,19H,9-11H2,1-3H3. The highest BCUT2D eigenvalue weighted by Gasteiger charge is 2.34. The van der Waals surface area contributed by atoms with Crippen LogP contribution in [0.15, 0.2) is 30.3 Å². The third-order valence-corrected chi connectivity index (χ3v) is 3.75. The van der Waals surface area contributed by atoms with E-state index in [1.807, 2.05) is 30.3 Å². The van der Waals surface area contributed by atoms with Gasteiger partial charge < -0.3 is 24.2 Å². The van der Waals surface area contributed by atoms with Crippen LogP contribution in [0.5, 0.6) is 0 Å². The summed E-state index contributed by atoms with van der Waals surface area (Å²) in [5.74, 6) is -1.37. The van der Waals surface area contributed by atoms with Crippen LogP contribution in [-0.4, -0.2) is 48.0 Å². The van der Waals surface area contributed by atoms with Crippen molar-refractivity contribution in [1.29, 1.82) is 0 Å². The Kier molecular flexibility index (Phi) is 6.35. The van der Waals surface area contributed by atoms with E-state index in [2.05, 4.69) is 0 Å². The van der Waals surface area contributed by atoms with Crippen molar-refractivity contribution >= 4 is 12.1 Å². The Bertz CT molecular complexity index is 590. The van der Waals surface area contributed by atoms with Gasteiger partial charge in [-0.3, -0.25) is 4.79 Å². The van der Waals surface area contributed by atoms with Crippen molar-refractivity contribution in [2.24, 2.45) is 0 Å². The number of ether oxygens (including phenoxy) is 3. The molecule has 1 fully saturated rings. The maximum Gasteiger partial charge on any atom is 0.533 e. The Morgan fingerprint density at radius 2 is 2.04 bits per heavy atom. The average molecular weight is 353 g/mol. The summed E-state index contributed by atoms with van der Waals surface area (Å²) in [6.45, 7) is 3.33. The first-order valence-electron chi connectivity index (χ1n) is 7.95. The minimum absolute atomic E-state index is 0.117. The molecular weight excluding hydrogens is 330 g/mol. The summed E-state index contributed by atoms with van der Waals surface area (Å²) in [6, 6.07) is 9.20. The zero-order chi connectivity index (χ0) is 18.4. The number of methoxy groups -OCH3 is 1. The largest absolute Gasteiger partial charge is 0.533 e. The van der Waals surface area contributed by atoms with Crippen LogP contribution in [0.4, 0.5) is 4.79 Å². The average Bonchev–Trinajstić information content (AvgIpc) is 2.91. The molecule has 1 aliphatic rings. The Morgan fingerprint density at radius 1 is 1.36 bits per heavy atom. The lowest BCUT2D eigenvalue weighted by atomic mass is 10.1. The summed E-state index contributed by atoms with van der Waals surface area (Å²) in [5.41, 5.74) is 0.790. The minimum atomic E-state index is -1.14. The van der Waals surface area contributed by atoms with E-state index in [-0.39, 0.29) is 19.4 Å². The molecule has 1 aromatic carbocycles. The van der Waals surface area contributed by atoms with Gasteiger partial charge in [-0.25, -0.2) is 4.79 Å². The van der Waals surface area contributed by atoms with Crippen molar-refractivity contribution in [3.05, 3.63) is 35.9 Å². The first kappa shape index (κ1) is 19.2. The van der Waals surface area contributed by atoms with Crippen LogP contribution in [0.1, 0.15) is 38.4 Å². The number of amides is 1. The van der Waals surface area contributed by atoms with Gasteiger partial charge in [-0.2, -0.15) is 0 Å². The van der Waals surface area contributed by atoms with Gasteiger partial charge in [-0.05, 0) is 19.4 Å². The molecule has 138 valence electrons. The molecule has 1 saturated heterocycles. The summed E-state index contributed by atoms with van der Waals surface area (Å²) in [4.78, 5) is 28.1. The molecule has 1 N–H and O–H groups in total. The number of carbonyl (C=O) groups excluding carboxylic acids is 2. The number of benzene rings is 1. The Labute approximate surface area is 146 Å². The van der Waals surface area contributed by atoms with Crippen molar-refractivity contribution in [3.8, 4) is 0 Å². The normalized spacial score (nSPS) is 19.0. The van der Waals surface area contributed by atoms with Gasteiger partial charge in [0.2, 0.25) is 0 Å². The molecular formula is C17H23NO7. The van der Waals surface area contributed by atoms with Crippen LogP contribution >= 0.6 is 0 Å². The highest BCUT2D eigenvalue weighted by atomic mass is 16.8. The van der Waals surface area contributed by atoms with E-state index in [9.17, 15) is 14.7 Å². The predicted molar refractivity (Wildman–Crippen MR) is 85.9 cm³/mol. The summed E-state index contributed by atoms with van der Waals surface area (Å²) in [5, 5.41) is 10.2. The first-order chi connectivity index (χ1) is 11.8. The second-order valence-corrected chi connectivity index (χ2v) is 6.01. The Balaban J connectivity index is 1.97. The Morgan fingerprint density at radius 3 is 2.60 bits per heavy atom. The van der Waals surface area contributed by atoms with Crippen molar-refractivity contribution in [2.45, 2.75) is 44.8 Å². The van der Waals surface area contributed by atoms with Crippen molar-refractivity contribution in [3.63, 3.8) is 0 Å². The lowest BCUT2D eigenvalue weighted by Gasteiger charge is -2.29. The van der Waals surface area contributed by atoms with Crippen LogP contribution in [0.3, 0.4) is 0 Å². The lowest BCUT2D eigenvalue weighted by Crippen LogP contribution is -2.36. The molecule has 1 aliphatic heterocycles. The van der Waals surface area contributed by atoms with E-state index >= 15 is 0 Å². The third kappa shape index (κ3) is 5.42. The van der Waals surface area contributed by atoms with E-state index < -0.39 is 30.2 Å². The second-order valence-electron chi connectivity index (χ2n) is 6.01. The Hall–Kier alpha value is -2.16. The van der Waals surface area contributed by atoms with Crippen molar-refractivity contribution in [2.75, 3.05) is 13.7 Å². The number of hydrogen-bond donors (Lipinski definition) is 1. The molecule has 25 heavy (non-hydrogen) atoms. The highest BCUT2D eigenvalue weighted by molar-refractivity contribution is 5.78. The molecule has 8 heteroatoms. The second kappa shape index (κ2) is 8.28. The maximum absolute atomic E-state index is 11.8. The number of hydroxylamine groups is 2. The summed E-state index contributed by atoms with van der Waals surface area (Å²) < 4.78 is 16.2. The van der Waals surface area contributed by atoms with Gasteiger partial charge in [0, 0.05) is 20.0 Å². The zero-order valence-electron chi connectivity index (χ0n) is 14.5. The minimum Gasteiger partial charge on any atom is -0.430 e. The van der Waals surface area contributed by atoms with Crippen LogP contribution < -0.4 is 0 Å². The fraction of sp³-hybridized carbons (Fsp3) is 0.529. The molecule has 0 spiro atoms. The number of aliphatic hydroxyl groups is 1. The van der Waals surface area contributed by atoms with Crippen molar-refractivity contribution in [1.82, 2.24) is 5.06 Å². The quantitative estimate of drug-likeness (QED) is 0.593. The predicted octanol–water partition coefficient (Wildman–Crippen LogP) is 2.14. The smallest absolute Gasteiger partial charge is 0.430 e. The van der Waals surface area contributed by atoms with Gasteiger partial charge in [-0.15, -0.1) is 5.06 Å². The van der Waals surface area contributed by atoms with Gasteiger partial charge in [0.25, 0.3) is 5.91 Å². The molecule has 2 rings (SSSR count).